The molecule has 0 aliphatic carbocycles. The van der Waals surface area contributed by atoms with Crippen molar-refractivity contribution in [1.29, 1.82) is 0 Å². The molecule has 4 nitrogen and oxygen atoms in total. The molecule has 1 rings (SSSR count). The molecule has 16 heavy (non-hydrogen) atoms. The van der Waals surface area contributed by atoms with Gasteiger partial charge in [0.15, 0.2) is 11.5 Å². The molecule has 0 bridgehead atoms. The summed E-state index contributed by atoms with van der Waals surface area (Å²) < 4.78 is 5.04. The van der Waals surface area contributed by atoms with Crippen molar-refractivity contribution in [2.75, 3.05) is 13.7 Å². The molecule has 1 atom stereocenters. The molecule has 4 heteroatoms. The zero-order chi connectivity index (χ0) is 12.1. The van der Waals surface area contributed by atoms with Crippen LogP contribution in [0.2, 0.25) is 0 Å². The molecule has 0 fully saturated rings. The summed E-state index contributed by atoms with van der Waals surface area (Å²) in [5.41, 5.74) is 13.2. The first-order valence-corrected chi connectivity index (χ1v) is 5.10. The number of hydrogen-bond donors (Lipinski definition) is 3. The van der Waals surface area contributed by atoms with Crippen LogP contribution in [0.4, 0.5) is 0 Å². The Morgan fingerprint density at radius 3 is 2.75 bits per heavy atom. The fourth-order valence-corrected chi connectivity index (χ4v) is 1.59. The van der Waals surface area contributed by atoms with Crippen molar-refractivity contribution in [2.24, 2.45) is 11.5 Å². The van der Waals surface area contributed by atoms with E-state index in [9.17, 15) is 5.11 Å². The molecular formula is C12H18N2O2. The molecule has 0 spiro atoms. The van der Waals surface area contributed by atoms with Gasteiger partial charge in [0.2, 0.25) is 0 Å². The topological polar surface area (TPSA) is 81.5 Å². The number of nitrogens with two attached hydrogens (primary N) is 2. The lowest BCUT2D eigenvalue weighted by molar-refractivity contribution is 0.372. The molecule has 0 heterocycles. The van der Waals surface area contributed by atoms with Crippen molar-refractivity contribution >= 4 is 0 Å². The number of aromatic hydroxyl groups is 1. The van der Waals surface area contributed by atoms with Crippen LogP contribution in [-0.2, 0) is 6.42 Å². The Bertz CT molecular complexity index is 378. The quantitative estimate of drug-likeness (QED) is 0.651. The largest absolute Gasteiger partial charge is 0.504 e. The van der Waals surface area contributed by atoms with Gasteiger partial charge in [-0.05, 0) is 29.7 Å². The molecule has 1 aromatic carbocycles. The summed E-state index contributed by atoms with van der Waals surface area (Å²) in [6, 6.07) is 3.09. The zero-order valence-electron chi connectivity index (χ0n) is 9.44. The number of allylic oxidation sites excluding steroid dienone is 1. The van der Waals surface area contributed by atoms with E-state index in [1.54, 1.807) is 18.2 Å². The molecule has 0 aliphatic heterocycles. The first kappa shape index (κ1) is 12.5. The van der Waals surface area contributed by atoms with Gasteiger partial charge in [0.1, 0.15) is 0 Å². The van der Waals surface area contributed by atoms with Crippen LogP contribution >= 0.6 is 0 Å². The minimum atomic E-state index is -0.285. The number of phenolic OH excluding ortho intramolecular Hbond substituents is 1. The van der Waals surface area contributed by atoms with Crippen LogP contribution in [0.1, 0.15) is 17.2 Å². The molecule has 0 aliphatic rings. The molecule has 0 saturated carbocycles. The number of phenols is 1. The maximum Gasteiger partial charge on any atom is 0.160 e. The van der Waals surface area contributed by atoms with Gasteiger partial charge in [-0.1, -0.05) is 6.08 Å². The maximum atomic E-state index is 9.68. The van der Waals surface area contributed by atoms with E-state index in [0.717, 1.165) is 11.1 Å². The lowest BCUT2D eigenvalue weighted by Crippen LogP contribution is -2.22. The smallest absolute Gasteiger partial charge is 0.160 e. The number of ether oxygens (including phenoxy) is 1. The number of benzene rings is 1. The summed E-state index contributed by atoms with van der Waals surface area (Å²) >= 11 is 0. The second-order valence-corrected chi connectivity index (χ2v) is 3.56. The zero-order valence-corrected chi connectivity index (χ0v) is 9.44. The van der Waals surface area contributed by atoms with E-state index in [0.29, 0.717) is 18.7 Å². The second kappa shape index (κ2) is 5.53. The lowest BCUT2D eigenvalue weighted by Gasteiger charge is -2.16. The third-order valence-electron chi connectivity index (χ3n) is 2.46. The van der Waals surface area contributed by atoms with E-state index < -0.39 is 0 Å². The number of rotatable bonds is 5. The standard InChI is InChI=1S/C12H18N2O2/c1-3-4-8-5-12(16-2)11(15)6-9(8)10(14)7-13/h3,5-6,10,15H,1,4,7,13-14H2,2H3/t10-/m1/s1. The van der Waals surface area contributed by atoms with Crippen LogP contribution in [0.15, 0.2) is 24.8 Å². The van der Waals surface area contributed by atoms with E-state index in [2.05, 4.69) is 6.58 Å². The fourth-order valence-electron chi connectivity index (χ4n) is 1.59. The molecule has 5 N–H and O–H groups in total. The summed E-state index contributed by atoms with van der Waals surface area (Å²) in [7, 11) is 1.51. The molecule has 0 radical (unpaired) electrons. The van der Waals surface area contributed by atoms with Gasteiger partial charge >= 0.3 is 0 Å². The molecule has 0 saturated heterocycles. The van der Waals surface area contributed by atoms with Gasteiger partial charge in [0, 0.05) is 12.6 Å². The van der Waals surface area contributed by atoms with Crippen LogP contribution in [-0.4, -0.2) is 18.8 Å². The van der Waals surface area contributed by atoms with Crippen molar-refractivity contribution in [3.63, 3.8) is 0 Å². The van der Waals surface area contributed by atoms with E-state index >= 15 is 0 Å². The lowest BCUT2D eigenvalue weighted by atomic mass is 9.97. The highest BCUT2D eigenvalue weighted by Gasteiger charge is 2.13. The van der Waals surface area contributed by atoms with Gasteiger partial charge in [0.05, 0.1) is 7.11 Å². The van der Waals surface area contributed by atoms with E-state index in [-0.39, 0.29) is 11.8 Å². The first-order chi connectivity index (χ1) is 7.63. The summed E-state index contributed by atoms with van der Waals surface area (Å²) in [6.07, 6.45) is 2.44. The van der Waals surface area contributed by atoms with Gasteiger partial charge in [-0.3, -0.25) is 0 Å². The Kier molecular flexibility index (Phi) is 4.34. The highest BCUT2D eigenvalue weighted by Crippen LogP contribution is 2.31. The Hall–Kier alpha value is -1.52. The highest BCUT2D eigenvalue weighted by atomic mass is 16.5. The third kappa shape index (κ3) is 2.53. The van der Waals surface area contributed by atoms with E-state index in [4.69, 9.17) is 16.2 Å². The Morgan fingerprint density at radius 1 is 1.56 bits per heavy atom. The Morgan fingerprint density at radius 2 is 2.25 bits per heavy atom. The van der Waals surface area contributed by atoms with Crippen molar-refractivity contribution in [2.45, 2.75) is 12.5 Å². The van der Waals surface area contributed by atoms with E-state index in [1.165, 1.54) is 7.11 Å². The van der Waals surface area contributed by atoms with Gasteiger partial charge in [0.25, 0.3) is 0 Å². The normalized spacial score (nSPS) is 12.2. The Labute approximate surface area is 95.5 Å². The van der Waals surface area contributed by atoms with Gasteiger partial charge in [-0.2, -0.15) is 0 Å². The summed E-state index contributed by atoms with van der Waals surface area (Å²) in [5, 5.41) is 9.68. The molecule has 88 valence electrons. The minimum absolute atomic E-state index is 0.0780. The summed E-state index contributed by atoms with van der Waals surface area (Å²) in [5.74, 6) is 0.513. The van der Waals surface area contributed by atoms with Crippen molar-refractivity contribution < 1.29 is 9.84 Å². The highest BCUT2D eigenvalue weighted by molar-refractivity contribution is 5.48. The predicted molar refractivity (Wildman–Crippen MR) is 64.5 cm³/mol. The summed E-state index contributed by atoms with van der Waals surface area (Å²) in [4.78, 5) is 0. The van der Waals surface area contributed by atoms with Crippen LogP contribution in [0, 0.1) is 0 Å². The number of hydrogen-bond acceptors (Lipinski definition) is 4. The third-order valence-corrected chi connectivity index (χ3v) is 2.46. The Balaban J connectivity index is 3.23. The van der Waals surface area contributed by atoms with Crippen molar-refractivity contribution in [3.05, 3.63) is 35.9 Å². The number of methoxy groups -OCH3 is 1. The second-order valence-electron chi connectivity index (χ2n) is 3.56. The molecular weight excluding hydrogens is 204 g/mol. The molecule has 0 aromatic heterocycles. The van der Waals surface area contributed by atoms with Gasteiger partial charge in [-0.25, -0.2) is 0 Å². The molecule has 1 aromatic rings. The predicted octanol–water partition coefficient (Wildman–Crippen LogP) is 1.09. The SMILES string of the molecule is C=CCc1cc(OC)c(O)cc1[C@H](N)CN. The average Bonchev–Trinajstić information content (AvgIpc) is 2.30. The van der Waals surface area contributed by atoms with Crippen LogP contribution in [0.3, 0.4) is 0 Å². The molecule has 0 unspecified atom stereocenters. The van der Waals surface area contributed by atoms with Crippen LogP contribution < -0.4 is 16.2 Å². The van der Waals surface area contributed by atoms with Crippen molar-refractivity contribution in [1.82, 2.24) is 0 Å². The van der Waals surface area contributed by atoms with Crippen molar-refractivity contribution in [3.8, 4) is 11.5 Å². The van der Waals surface area contributed by atoms with Gasteiger partial charge in [-0.15, -0.1) is 6.58 Å². The molecule has 0 amide bonds. The first-order valence-electron chi connectivity index (χ1n) is 5.10. The van der Waals surface area contributed by atoms with Gasteiger partial charge < -0.3 is 21.3 Å². The average molecular weight is 222 g/mol. The fraction of sp³-hybridized carbons (Fsp3) is 0.333. The van der Waals surface area contributed by atoms with Crippen LogP contribution in [0.5, 0.6) is 11.5 Å². The van der Waals surface area contributed by atoms with Crippen LogP contribution in [0.25, 0.3) is 0 Å². The summed E-state index contributed by atoms with van der Waals surface area (Å²) in [6.45, 7) is 4.01. The monoisotopic (exact) mass is 222 g/mol. The van der Waals surface area contributed by atoms with E-state index in [1.807, 2.05) is 0 Å². The maximum absolute atomic E-state index is 9.68. The minimum Gasteiger partial charge on any atom is -0.504 e.